The summed E-state index contributed by atoms with van der Waals surface area (Å²) in [6.07, 6.45) is 1.84. The third kappa shape index (κ3) is 2.43. The molecule has 2 aromatic rings. The van der Waals surface area contributed by atoms with Gasteiger partial charge in [-0.25, -0.2) is 4.39 Å². The van der Waals surface area contributed by atoms with Crippen LogP contribution in [-0.4, -0.2) is 16.3 Å². The lowest BCUT2D eigenvalue weighted by molar-refractivity contribution is 0.600. The molecule has 0 fully saturated rings. The number of aryl methyl sites for hydroxylation is 1. The summed E-state index contributed by atoms with van der Waals surface area (Å²) in [6, 6.07) is 6.69. The lowest BCUT2D eigenvalue weighted by atomic mass is 9.99. The molecule has 1 N–H and O–H groups in total. The summed E-state index contributed by atoms with van der Waals surface area (Å²) in [4.78, 5) is 0. The van der Waals surface area contributed by atoms with Crippen LogP contribution in [0.25, 0.3) is 0 Å². The van der Waals surface area contributed by atoms with Gasteiger partial charge in [-0.1, -0.05) is 19.1 Å². The van der Waals surface area contributed by atoms with Gasteiger partial charge in [-0.3, -0.25) is 4.68 Å². The van der Waals surface area contributed by atoms with Crippen molar-refractivity contribution in [3.63, 3.8) is 0 Å². The summed E-state index contributed by atoms with van der Waals surface area (Å²) >= 11 is 0. The van der Waals surface area contributed by atoms with Gasteiger partial charge in [0.05, 0.1) is 12.2 Å². The van der Waals surface area contributed by atoms with Gasteiger partial charge in [0.1, 0.15) is 5.82 Å². The van der Waals surface area contributed by atoms with E-state index in [1.165, 1.54) is 6.07 Å². The third-order valence-electron chi connectivity index (χ3n) is 3.17. The molecule has 0 radical (unpaired) electrons. The maximum atomic E-state index is 13.3. The van der Waals surface area contributed by atoms with Crippen molar-refractivity contribution >= 4 is 0 Å². The molecule has 0 spiro atoms. The van der Waals surface area contributed by atoms with E-state index < -0.39 is 0 Å². The van der Waals surface area contributed by atoms with Crippen LogP contribution in [-0.2, 0) is 7.05 Å². The molecule has 1 unspecified atom stereocenters. The van der Waals surface area contributed by atoms with Gasteiger partial charge >= 0.3 is 0 Å². The maximum Gasteiger partial charge on any atom is 0.123 e. The highest BCUT2D eigenvalue weighted by Gasteiger charge is 2.18. The Morgan fingerprint density at radius 2 is 2.22 bits per heavy atom. The maximum absolute atomic E-state index is 13.3. The molecule has 1 aromatic heterocycles. The molecule has 1 aromatic carbocycles. The van der Waals surface area contributed by atoms with Crippen molar-refractivity contribution in [1.82, 2.24) is 15.1 Å². The Morgan fingerprint density at radius 1 is 1.44 bits per heavy atom. The fraction of sp³-hybridized carbons (Fsp3) is 0.357. The van der Waals surface area contributed by atoms with Gasteiger partial charge in [-0.2, -0.15) is 5.10 Å². The molecule has 1 heterocycles. The van der Waals surface area contributed by atoms with Crippen LogP contribution >= 0.6 is 0 Å². The molecule has 0 aliphatic rings. The van der Waals surface area contributed by atoms with Crippen LogP contribution in [0.1, 0.15) is 29.8 Å². The average molecular weight is 247 g/mol. The summed E-state index contributed by atoms with van der Waals surface area (Å²) in [6.45, 7) is 4.87. The van der Waals surface area contributed by atoms with E-state index in [4.69, 9.17) is 0 Å². The van der Waals surface area contributed by atoms with Crippen LogP contribution in [0.3, 0.4) is 0 Å². The molecule has 1 atom stereocenters. The highest BCUT2D eigenvalue weighted by molar-refractivity contribution is 5.33. The largest absolute Gasteiger partial charge is 0.306 e. The van der Waals surface area contributed by atoms with Crippen LogP contribution in [0.15, 0.2) is 30.5 Å². The Kier molecular flexibility index (Phi) is 3.77. The second-order valence-corrected chi connectivity index (χ2v) is 4.35. The van der Waals surface area contributed by atoms with Crippen molar-refractivity contribution in [2.75, 3.05) is 6.54 Å². The number of nitrogens with zero attached hydrogens (tertiary/aromatic N) is 2. The van der Waals surface area contributed by atoms with Crippen LogP contribution in [0, 0.1) is 12.7 Å². The van der Waals surface area contributed by atoms with Gasteiger partial charge in [0.25, 0.3) is 0 Å². The third-order valence-corrected chi connectivity index (χ3v) is 3.17. The Balaban J connectivity index is 2.43. The zero-order chi connectivity index (χ0) is 13.1. The van der Waals surface area contributed by atoms with Crippen LogP contribution in [0.4, 0.5) is 4.39 Å². The van der Waals surface area contributed by atoms with Crippen molar-refractivity contribution in [2.45, 2.75) is 19.9 Å². The standard InChI is InChI=1S/C14H18FN3/c1-4-16-14(11-6-5-7-12(15)8-11)13-9-17-18(3)10(13)2/h5-9,14,16H,4H2,1-3H3. The van der Waals surface area contributed by atoms with Gasteiger partial charge in [0, 0.05) is 18.3 Å². The van der Waals surface area contributed by atoms with Gasteiger partial charge < -0.3 is 5.32 Å². The molecular weight excluding hydrogens is 229 g/mol. The second-order valence-electron chi connectivity index (χ2n) is 4.35. The van der Waals surface area contributed by atoms with E-state index in [2.05, 4.69) is 10.4 Å². The number of nitrogens with one attached hydrogen (secondary N) is 1. The average Bonchev–Trinajstić information content (AvgIpc) is 2.67. The van der Waals surface area contributed by atoms with Crippen LogP contribution in [0.5, 0.6) is 0 Å². The molecule has 0 saturated heterocycles. The zero-order valence-electron chi connectivity index (χ0n) is 10.9. The van der Waals surface area contributed by atoms with Gasteiger partial charge in [0.2, 0.25) is 0 Å². The molecule has 0 saturated carbocycles. The second kappa shape index (κ2) is 5.31. The number of halogens is 1. The molecule has 96 valence electrons. The molecule has 3 nitrogen and oxygen atoms in total. The number of benzene rings is 1. The summed E-state index contributed by atoms with van der Waals surface area (Å²) in [5, 5.41) is 7.63. The van der Waals surface area contributed by atoms with Crippen LogP contribution < -0.4 is 5.32 Å². The quantitative estimate of drug-likeness (QED) is 0.900. The van der Waals surface area contributed by atoms with E-state index in [0.29, 0.717) is 0 Å². The van der Waals surface area contributed by atoms with Gasteiger partial charge in [0.15, 0.2) is 0 Å². The topological polar surface area (TPSA) is 29.9 Å². The molecule has 0 amide bonds. The molecule has 0 aliphatic carbocycles. The SMILES string of the molecule is CCNC(c1cccc(F)c1)c1cnn(C)c1C. The van der Waals surface area contributed by atoms with Crippen molar-refractivity contribution in [3.05, 3.63) is 53.1 Å². The van der Waals surface area contributed by atoms with Crippen molar-refractivity contribution in [3.8, 4) is 0 Å². The number of hydrogen-bond acceptors (Lipinski definition) is 2. The fourth-order valence-electron chi connectivity index (χ4n) is 2.10. The molecule has 18 heavy (non-hydrogen) atoms. The zero-order valence-corrected chi connectivity index (χ0v) is 10.9. The Bertz CT molecular complexity index is 534. The Labute approximate surface area is 107 Å². The minimum atomic E-state index is -0.211. The van der Waals surface area contributed by atoms with Gasteiger partial charge in [-0.15, -0.1) is 0 Å². The lowest BCUT2D eigenvalue weighted by Gasteiger charge is -2.18. The summed E-state index contributed by atoms with van der Waals surface area (Å²) in [7, 11) is 1.91. The highest BCUT2D eigenvalue weighted by Crippen LogP contribution is 2.24. The smallest absolute Gasteiger partial charge is 0.123 e. The normalized spacial score (nSPS) is 12.7. The molecule has 0 bridgehead atoms. The van der Waals surface area contributed by atoms with E-state index in [9.17, 15) is 4.39 Å². The first kappa shape index (κ1) is 12.8. The Hall–Kier alpha value is -1.68. The molecular formula is C14H18FN3. The molecule has 2 rings (SSSR count). The van der Waals surface area contributed by atoms with Crippen molar-refractivity contribution in [1.29, 1.82) is 0 Å². The van der Waals surface area contributed by atoms with E-state index >= 15 is 0 Å². The minimum absolute atomic E-state index is 0.0144. The highest BCUT2D eigenvalue weighted by atomic mass is 19.1. The summed E-state index contributed by atoms with van der Waals surface area (Å²) < 4.78 is 15.2. The monoisotopic (exact) mass is 247 g/mol. The summed E-state index contributed by atoms with van der Waals surface area (Å²) in [5.41, 5.74) is 3.10. The van der Waals surface area contributed by atoms with E-state index in [1.807, 2.05) is 37.8 Å². The van der Waals surface area contributed by atoms with Crippen molar-refractivity contribution in [2.24, 2.45) is 7.05 Å². The minimum Gasteiger partial charge on any atom is -0.306 e. The fourth-order valence-corrected chi connectivity index (χ4v) is 2.10. The lowest BCUT2D eigenvalue weighted by Crippen LogP contribution is -2.22. The summed E-state index contributed by atoms with van der Waals surface area (Å²) in [5.74, 6) is -0.211. The van der Waals surface area contributed by atoms with E-state index in [0.717, 1.165) is 23.4 Å². The van der Waals surface area contributed by atoms with Gasteiger partial charge in [-0.05, 0) is 31.2 Å². The molecule has 0 aliphatic heterocycles. The molecule has 4 heteroatoms. The first-order valence-corrected chi connectivity index (χ1v) is 6.10. The van der Waals surface area contributed by atoms with Crippen molar-refractivity contribution < 1.29 is 4.39 Å². The van der Waals surface area contributed by atoms with E-state index in [1.54, 1.807) is 12.1 Å². The number of aromatic nitrogens is 2. The number of hydrogen-bond donors (Lipinski definition) is 1. The first-order valence-electron chi connectivity index (χ1n) is 6.10. The first-order chi connectivity index (χ1) is 8.63. The Morgan fingerprint density at radius 3 is 2.78 bits per heavy atom. The van der Waals surface area contributed by atoms with E-state index in [-0.39, 0.29) is 11.9 Å². The predicted octanol–water partition coefficient (Wildman–Crippen LogP) is 2.57. The predicted molar refractivity (Wildman–Crippen MR) is 69.9 cm³/mol. The number of rotatable bonds is 4. The van der Waals surface area contributed by atoms with Crippen LogP contribution in [0.2, 0.25) is 0 Å².